The van der Waals surface area contributed by atoms with Gasteiger partial charge in [0.1, 0.15) is 5.75 Å². The standard InChI is InChI=1S/C18H24N2O4/c1-4-5-6-11-24-14-9-7-13(8-10-14)16-15(17(21)23-3)12(2)19-18(22)20-16/h7-10,16H,4-6,11H2,1-3H3,(H2,19,20,22). The van der Waals surface area contributed by atoms with E-state index in [2.05, 4.69) is 17.6 Å². The zero-order valence-electron chi connectivity index (χ0n) is 14.3. The minimum atomic E-state index is -0.541. The first-order valence-electron chi connectivity index (χ1n) is 8.16. The second-order valence-electron chi connectivity index (χ2n) is 5.69. The number of amides is 2. The number of esters is 1. The van der Waals surface area contributed by atoms with Gasteiger partial charge in [-0.1, -0.05) is 31.9 Å². The molecule has 0 saturated heterocycles. The van der Waals surface area contributed by atoms with E-state index in [-0.39, 0.29) is 6.03 Å². The van der Waals surface area contributed by atoms with Gasteiger partial charge >= 0.3 is 12.0 Å². The number of rotatable bonds is 7. The molecule has 1 unspecified atom stereocenters. The monoisotopic (exact) mass is 332 g/mol. The quantitative estimate of drug-likeness (QED) is 0.594. The van der Waals surface area contributed by atoms with Gasteiger partial charge in [0.25, 0.3) is 0 Å². The van der Waals surface area contributed by atoms with Crippen molar-refractivity contribution in [1.82, 2.24) is 10.6 Å². The van der Waals surface area contributed by atoms with Crippen LogP contribution in [0.2, 0.25) is 0 Å². The summed E-state index contributed by atoms with van der Waals surface area (Å²) in [5.41, 5.74) is 1.69. The van der Waals surface area contributed by atoms with Gasteiger partial charge in [-0.05, 0) is 31.0 Å². The summed E-state index contributed by atoms with van der Waals surface area (Å²) in [5.74, 6) is 0.306. The van der Waals surface area contributed by atoms with Crippen LogP contribution in [-0.4, -0.2) is 25.7 Å². The van der Waals surface area contributed by atoms with Crippen molar-refractivity contribution in [2.75, 3.05) is 13.7 Å². The Morgan fingerprint density at radius 1 is 1.21 bits per heavy atom. The molecule has 1 aliphatic rings. The molecule has 0 saturated carbocycles. The molecular formula is C18H24N2O4. The number of carbonyl (C=O) groups excluding carboxylic acids is 2. The zero-order chi connectivity index (χ0) is 17.5. The highest BCUT2D eigenvalue weighted by molar-refractivity contribution is 5.94. The van der Waals surface area contributed by atoms with E-state index in [0.717, 1.165) is 30.6 Å². The summed E-state index contributed by atoms with van der Waals surface area (Å²) < 4.78 is 10.5. The summed E-state index contributed by atoms with van der Waals surface area (Å²) >= 11 is 0. The smallest absolute Gasteiger partial charge is 0.337 e. The third kappa shape index (κ3) is 4.28. The molecule has 1 aromatic rings. The lowest BCUT2D eigenvalue weighted by atomic mass is 9.95. The first kappa shape index (κ1) is 17.8. The number of unbranched alkanes of at least 4 members (excludes halogenated alkanes) is 2. The molecule has 0 spiro atoms. The van der Waals surface area contributed by atoms with Crippen LogP contribution in [0.1, 0.15) is 44.7 Å². The number of methoxy groups -OCH3 is 1. The van der Waals surface area contributed by atoms with Gasteiger partial charge in [0.05, 0.1) is 25.3 Å². The Morgan fingerprint density at radius 2 is 1.92 bits per heavy atom. The molecule has 0 aliphatic carbocycles. The Kier molecular flexibility index (Phi) is 6.23. The largest absolute Gasteiger partial charge is 0.494 e. The number of hydrogen-bond donors (Lipinski definition) is 2. The number of hydrogen-bond acceptors (Lipinski definition) is 4. The van der Waals surface area contributed by atoms with Crippen LogP contribution in [0, 0.1) is 0 Å². The Balaban J connectivity index is 2.15. The third-order valence-corrected chi connectivity index (χ3v) is 3.90. The minimum Gasteiger partial charge on any atom is -0.494 e. The predicted molar refractivity (Wildman–Crippen MR) is 90.6 cm³/mol. The topological polar surface area (TPSA) is 76.7 Å². The van der Waals surface area contributed by atoms with Gasteiger partial charge in [-0.3, -0.25) is 0 Å². The molecule has 130 valence electrons. The third-order valence-electron chi connectivity index (χ3n) is 3.90. The highest BCUT2D eigenvalue weighted by Gasteiger charge is 2.31. The molecule has 0 aromatic heterocycles. The lowest BCUT2D eigenvalue weighted by Crippen LogP contribution is -2.45. The Hall–Kier alpha value is -2.50. The number of urea groups is 1. The lowest BCUT2D eigenvalue weighted by Gasteiger charge is -2.27. The lowest BCUT2D eigenvalue weighted by molar-refractivity contribution is -0.136. The van der Waals surface area contributed by atoms with Gasteiger partial charge in [-0.25, -0.2) is 9.59 Å². The van der Waals surface area contributed by atoms with Gasteiger partial charge in [0.2, 0.25) is 0 Å². The molecule has 6 nitrogen and oxygen atoms in total. The number of benzene rings is 1. The van der Waals surface area contributed by atoms with Crippen molar-refractivity contribution >= 4 is 12.0 Å². The van der Waals surface area contributed by atoms with Crippen molar-refractivity contribution in [3.63, 3.8) is 0 Å². The van der Waals surface area contributed by atoms with Crippen molar-refractivity contribution in [2.24, 2.45) is 0 Å². The van der Waals surface area contributed by atoms with Crippen molar-refractivity contribution in [2.45, 2.75) is 39.2 Å². The van der Waals surface area contributed by atoms with Crippen molar-refractivity contribution in [3.05, 3.63) is 41.1 Å². The van der Waals surface area contributed by atoms with Crippen LogP contribution in [0.5, 0.6) is 5.75 Å². The number of allylic oxidation sites excluding steroid dienone is 1. The van der Waals surface area contributed by atoms with Crippen molar-refractivity contribution in [1.29, 1.82) is 0 Å². The second kappa shape index (κ2) is 8.38. The van der Waals surface area contributed by atoms with Crippen LogP contribution in [0.15, 0.2) is 35.5 Å². The average Bonchev–Trinajstić information content (AvgIpc) is 2.58. The highest BCUT2D eigenvalue weighted by Crippen LogP contribution is 2.28. The van der Waals surface area contributed by atoms with E-state index >= 15 is 0 Å². The zero-order valence-corrected chi connectivity index (χ0v) is 14.3. The van der Waals surface area contributed by atoms with E-state index in [4.69, 9.17) is 9.47 Å². The van der Waals surface area contributed by atoms with Gasteiger partial charge < -0.3 is 20.1 Å². The van der Waals surface area contributed by atoms with Crippen LogP contribution < -0.4 is 15.4 Å². The maximum Gasteiger partial charge on any atom is 0.337 e. The number of ether oxygens (including phenoxy) is 2. The molecule has 24 heavy (non-hydrogen) atoms. The Morgan fingerprint density at radius 3 is 2.54 bits per heavy atom. The second-order valence-corrected chi connectivity index (χ2v) is 5.69. The van der Waals surface area contributed by atoms with E-state index in [1.165, 1.54) is 7.11 Å². The van der Waals surface area contributed by atoms with Crippen molar-refractivity contribution < 1.29 is 19.1 Å². The molecule has 2 amide bonds. The molecule has 6 heteroatoms. The number of nitrogens with one attached hydrogen (secondary N) is 2. The highest BCUT2D eigenvalue weighted by atomic mass is 16.5. The van der Waals surface area contributed by atoms with Crippen LogP contribution in [0.3, 0.4) is 0 Å². The van der Waals surface area contributed by atoms with E-state index < -0.39 is 12.0 Å². The molecule has 1 aliphatic heterocycles. The fourth-order valence-electron chi connectivity index (χ4n) is 2.62. The molecule has 2 N–H and O–H groups in total. The maximum absolute atomic E-state index is 12.0. The summed E-state index contributed by atoms with van der Waals surface area (Å²) in [6, 6.07) is 6.51. The summed E-state index contributed by atoms with van der Waals surface area (Å²) in [4.78, 5) is 23.8. The van der Waals surface area contributed by atoms with Crippen LogP contribution in [-0.2, 0) is 9.53 Å². The number of carbonyl (C=O) groups is 2. The first-order valence-corrected chi connectivity index (χ1v) is 8.16. The van der Waals surface area contributed by atoms with E-state index in [1.54, 1.807) is 6.92 Å². The van der Waals surface area contributed by atoms with E-state index in [0.29, 0.717) is 17.9 Å². The molecule has 2 rings (SSSR count). The SMILES string of the molecule is CCCCCOc1ccc(C2NC(=O)NC(C)=C2C(=O)OC)cc1. The fraction of sp³-hybridized carbons (Fsp3) is 0.444. The molecule has 0 radical (unpaired) electrons. The van der Waals surface area contributed by atoms with Crippen molar-refractivity contribution in [3.8, 4) is 5.75 Å². The molecular weight excluding hydrogens is 308 g/mol. The van der Waals surface area contributed by atoms with Crippen LogP contribution >= 0.6 is 0 Å². The summed E-state index contributed by atoms with van der Waals surface area (Å²) in [6.45, 7) is 4.52. The molecule has 1 heterocycles. The van der Waals surface area contributed by atoms with Crippen LogP contribution in [0.25, 0.3) is 0 Å². The normalized spacial score (nSPS) is 17.1. The van der Waals surface area contributed by atoms with E-state index in [1.807, 2.05) is 24.3 Å². The fourth-order valence-corrected chi connectivity index (χ4v) is 2.62. The predicted octanol–water partition coefficient (Wildman–Crippen LogP) is 3.06. The summed E-state index contributed by atoms with van der Waals surface area (Å²) in [5, 5.41) is 5.36. The molecule has 0 fully saturated rings. The molecule has 1 atom stereocenters. The Bertz CT molecular complexity index is 622. The van der Waals surface area contributed by atoms with Gasteiger partial charge in [-0.2, -0.15) is 0 Å². The Labute approximate surface area is 142 Å². The minimum absolute atomic E-state index is 0.343. The average molecular weight is 332 g/mol. The van der Waals surface area contributed by atoms with Gasteiger partial charge in [-0.15, -0.1) is 0 Å². The molecule has 0 bridgehead atoms. The maximum atomic E-state index is 12.0. The van der Waals surface area contributed by atoms with E-state index in [9.17, 15) is 9.59 Å². The summed E-state index contributed by atoms with van der Waals surface area (Å²) in [6.07, 6.45) is 3.32. The summed E-state index contributed by atoms with van der Waals surface area (Å²) in [7, 11) is 1.32. The van der Waals surface area contributed by atoms with Gasteiger partial charge in [0, 0.05) is 5.70 Å². The first-order chi connectivity index (χ1) is 11.6. The van der Waals surface area contributed by atoms with Crippen LogP contribution in [0.4, 0.5) is 4.79 Å². The van der Waals surface area contributed by atoms with Gasteiger partial charge in [0.15, 0.2) is 0 Å². The molecule has 1 aromatic carbocycles.